The van der Waals surface area contributed by atoms with Crippen LogP contribution in [0.2, 0.25) is 0 Å². The van der Waals surface area contributed by atoms with E-state index in [1.165, 1.54) is 6.07 Å². The minimum Gasteiger partial charge on any atom is -0.486 e. The maximum Gasteiger partial charge on any atom is 0.241 e. The van der Waals surface area contributed by atoms with Gasteiger partial charge in [0.15, 0.2) is 11.5 Å². The van der Waals surface area contributed by atoms with E-state index in [2.05, 4.69) is 18.6 Å². The van der Waals surface area contributed by atoms with E-state index in [-0.39, 0.29) is 10.9 Å². The third-order valence-electron chi connectivity index (χ3n) is 4.03. The van der Waals surface area contributed by atoms with Gasteiger partial charge in [-0.25, -0.2) is 13.1 Å². The van der Waals surface area contributed by atoms with Crippen molar-refractivity contribution >= 4 is 10.0 Å². The molecule has 1 heterocycles. The SMILES string of the molecule is CC(C)C[C@@H](NS(=O)(=O)c1ccc2c(c1)OCCO2)c1ccccc1. The van der Waals surface area contributed by atoms with Gasteiger partial charge in [0.05, 0.1) is 4.90 Å². The van der Waals surface area contributed by atoms with Gasteiger partial charge in [-0.2, -0.15) is 0 Å². The van der Waals surface area contributed by atoms with Crippen molar-refractivity contribution in [1.29, 1.82) is 0 Å². The molecule has 5 nitrogen and oxygen atoms in total. The van der Waals surface area contributed by atoms with Gasteiger partial charge >= 0.3 is 0 Å². The van der Waals surface area contributed by atoms with Gasteiger partial charge in [0.25, 0.3) is 0 Å². The Hall–Kier alpha value is -2.05. The van der Waals surface area contributed by atoms with E-state index in [9.17, 15) is 8.42 Å². The summed E-state index contributed by atoms with van der Waals surface area (Å²) in [6, 6.07) is 14.1. The summed E-state index contributed by atoms with van der Waals surface area (Å²) in [4.78, 5) is 0.182. The Labute approximate surface area is 149 Å². The molecule has 0 saturated carbocycles. The fourth-order valence-electron chi connectivity index (χ4n) is 2.86. The zero-order valence-electron chi connectivity index (χ0n) is 14.4. The molecule has 2 aromatic rings. The second kappa shape index (κ2) is 7.45. The smallest absolute Gasteiger partial charge is 0.241 e. The zero-order valence-corrected chi connectivity index (χ0v) is 15.3. The van der Waals surface area contributed by atoms with Crippen LogP contribution in [0.15, 0.2) is 53.4 Å². The molecule has 1 aliphatic rings. The maximum atomic E-state index is 12.9. The molecule has 0 radical (unpaired) electrons. The summed E-state index contributed by atoms with van der Waals surface area (Å²) < 4.78 is 39.5. The van der Waals surface area contributed by atoms with E-state index < -0.39 is 10.0 Å². The monoisotopic (exact) mass is 361 g/mol. The van der Waals surface area contributed by atoms with E-state index in [1.54, 1.807) is 12.1 Å². The molecule has 134 valence electrons. The summed E-state index contributed by atoms with van der Waals surface area (Å²) in [5.41, 5.74) is 0.956. The Morgan fingerprint density at radius 1 is 1.00 bits per heavy atom. The number of benzene rings is 2. The molecule has 25 heavy (non-hydrogen) atoms. The molecule has 0 unspecified atom stereocenters. The number of sulfonamides is 1. The topological polar surface area (TPSA) is 64.6 Å². The highest BCUT2D eigenvalue weighted by atomic mass is 32.2. The van der Waals surface area contributed by atoms with Crippen LogP contribution < -0.4 is 14.2 Å². The summed E-state index contributed by atoms with van der Waals surface area (Å²) in [5.74, 6) is 1.40. The van der Waals surface area contributed by atoms with Crippen molar-refractivity contribution in [3.8, 4) is 11.5 Å². The van der Waals surface area contributed by atoms with Crippen LogP contribution in [-0.4, -0.2) is 21.6 Å². The molecule has 0 saturated heterocycles. The predicted octanol–water partition coefficient (Wildman–Crippen LogP) is 3.52. The van der Waals surface area contributed by atoms with Crippen LogP contribution in [0.3, 0.4) is 0 Å². The van der Waals surface area contributed by atoms with Crippen molar-refractivity contribution in [1.82, 2.24) is 4.72 Å². The van der Waals surface area contributed by atoms with Crippen LogP contribution in [0, 0.1) is 5.92 Å². The van der Waals surface area contributed by atoms with E-state index >= 15 is 0 Å². The van der Waals surface area contributed by atoms with Crippen molar-refractivity contribution in [2.75, 3.05) is 13.2 Å². The Morgan fingerprint density at radius 3 is 2.36 bits per heavy atom. The number of rotatable bonds is 6. The van der Waals surface area contributed by atoms with Crippen LogP contribution in [0.25, 0.3) is 0 Å². The molecule has 0 bridgehead atoms. The molecular formula is C19H23NO4S. The number of nitrogens with one attached hydrogen (secondary N) is 1. The first-order valence-corrected chi connectivity index (χ1v) is 9.91. The number of hydrogen-bond acceptors (Lipinski definition) is 4. The molecule has 0 aromatic heterocycles. The lowest BCUT2D eigenvalue weighted by Crippen LogP contribution is -2.29. The second-order valence-corrected chi connectivity index (χ2v) is 8.23. The fraction of sp³-hybridized carbons (Fsp3) is 0.368. The summed E-state index contributed by atoms with van der Waals surface area (Å²) >= 11 is 0. The first kappa shape index (κ1) is 17.8. The molecule has 1 aliphatic heterocycles. The van der Waals surface area contributed by atoms with Crippen LogP contribution in [0.5, 0.6) is 11.5 Å². The van der Waals surface area contributed by atoms with E-state index in [0.717, 1.165) is 5.56 Å². The third kappa shape index (κ3) is 4.32. The first-order chi connectivity index (χ1) is 12.0. The third-order valence-corrected chi connectivity index (χ3v) is 5.50. The van der Waals surface area contributed by atoms with Gasteiger partial charge in [-0.05, 0) is 30.0 Å². The van der Waals surface area contributed by atoms with Crippen molar-refractivity contribution in [2.24, 2.45) is 5.92 Å². The van der Waals surface area contributed by atoms with Crippen molar-refractivity contribution in [2.45, 2.75) is 31.2 Å². The largest absolute Gasteiger partial charge is 0.486 e. The lowest BCUT2D eigenvalue weighted by atomic mass is 9.98. The van der Waals surface area contributed by atoms with Crippen LogP contribution >= 0.6 is 0 Å². The second-order valence-electron chi connectivity index (χ2n) is 6.52. The Bertz CT molecular complexity index is 819. The molecule has 0 fully saturated rings. The quantitative estimate of drug-likeness (QED) is 0.855. The molecule has 6 heteroatoms. The Balaban J connectivity index is 1.87. The molecule has 1 N–H and O–H groups in total. The van der Waals surface area contributed by atoms with Crippen LogP contribution in [0.1, 0.15) is 31.9 Å². The summed E-state index contributed by atoms with van der Waals surface area (Å²) in [6.45, 7) is 5.05. The van der Waals surface area contributed by atoms with Gasteiger partial charge in [-0.15, -0.1) is 0 Å². The van der Waals surface area contributed by atoms with E-state index in [4.69, 9.17) is 9.47 Å². The van der Waals surface area contributed by atoms with E-state index in [0.29, 0.717) is 37.1 Å². The highest BCUT2D eigenvalue weighted by molar-refractivity contribution is 7.89. The summed E-state index contributed by atoms with van der Waals surface area (Å²) in [7, 11) is -3.67. The molecule has 1 atom stereocenters. The zero-order chi connectivity index (χ0) is 17.9. The van der Waals surface area contributed by atoms with Crippen molar-refractivity contribution < 1.29 is 17.9 Å². The van der Waals surface area contributed by atoms with Gasteiger partial charge in [-0.3, -0.25) is 0 Å². The first-order valence-electron chi connectivity index (χ1n) is 8.42. The van der Waals surface area contributed by atoms with Crippen molar-refractivity contribution in [3.05, 3.63) is 54.1 Å². The number of fused-ring (bicyclic) bond motifs is 1. The molecule has 0 amide bonds. The average Bonchev–Trinajstić information content (AvgIpc) is 2.61. The van der Waals surface area contributed by atoms with Gasteiger partial charge < -0.3 is 9.47 Å². The van der Waals surface area contributed by atoms with E-state index in [1.807, 2.05) is 30.3 Å². The highest BCUT2D eigenvalue weighted by Crippen LogP contribution is 2.33. The minimum atomic E-state index is -3.67. The number of hydrogen-bond donors (Lipinski definition) is 1. The summed E-state index contributed by atoms with van der Waals surface area (Å²) in [5, 5.41) is 0. The number of ether oxygens (including phenoxy) is 2. The van der Waals surface area contributed by atoms with Gasteiger partial charge in [0.1, 0.15) is 13.2 Å². The Kier molecular flexibility index (Phi) is 5.30. The minimum absolute atomic E-state index is 0.182. The van der Waals surface area contributed by atoms with Gasteiger partial charge in [0.2, 0.25) is 10.0 Å². The lowest BCUT2D eigenvalue weighted by Gasteiger charge is -2.22. The molecule has 0 aliphatic carbocycles. The molecule has 0 spiro atoms. The standard InChI is InChI=1S/C19H23NO4S/c1-14(2)12-17(15-6-4-3-5-7-15)20-25(21,22)16-8-9-18-19(13-16)24-11-10-23-18/h3-9,13-14,17,20H,10-12H2,1-2H3/t17-/m1/s1. The normalized spacial score (nSPS) is 15.2. The maximum absolute atomic E-state index is 12.9. The average molecular weight is 361 g/mol. The summed E-state index contributed by atoms with van der Waals surface area (Å²) in [6.07, 6.45) is 0.716. The van der Waals surface area contributed by atoms with Crippen molar-refractivity contribution in [3.63, 3.8) is 0 Å². The van der Waals surface area contributed by atoms with Crippen LogP contribution in [-0.2, 0) is 10.0 Å². The van der Waals surface area contributed by atoms with Gasteiger partial charge in [0, 0.05) is 12.1 Å². The molecule has 2 aromatic carbocycles. The molecule has 3 rings (SSSR count). The highest BCUT2D eigenvalue weighted by Gasteiger charge is 2.24. The fourth-order valence-corrected chi connectivity index (χ4v) is 4.11. The predicted molar refractivity (Wildman–Crippen MR) is 96.4 cm³/mol. The van der Waals surface area contributed by atoms with Gasteiger partial charge in [-0.1, -0.05) is 44.2 Å². The Morgan fingerprint density at radius 2 is 1.68 bits per heavy atom. The van der Waals surface area contributed by atoms with Crippen LogP contribution in [0.4, 0.5) is 0 Å². The molecular weight excluding hydrogens is 338 g/mol. The lowest BCUT2D eigenvalue weighted by molar-refractivity contribution is 0.171.